The summed E-state index contributed by atoms with van der Waals surface area (Å²) in [5.41, 5.74) is 1.42. The van der Waals surface area contributed by atoms with Gasteiger partial charge in [-0.05, 0) is 42.6 Å². The first-order valence-corrected chi connectivity index (χ1v) is 12.0. The van der Waals surface area contributed by atoms with Crippen LogP contribution in [0.2, 0.25) is 5.02 Å². The number of ether oxygens (including phenoxy) is 1. The monoisotopic (exact) mass is 496 g/mol. The highest BCUT2D eigenvalue weighted by molar-refractivity contribution is 7.10. The van der Waals surface area contributed by atoms with Gasteiger partial charge in [0.25, 0.3) is 5.56 Å². The summed E-state index contributed by atoms with van der Waals surface area (Å²) in [6.45, 7) is 1.76. The molecule has 0 saturated heterocycles. The lowest BCUT2D eigenvalue weighted by atomic mass is 10.0. The first kappa shape index (κ1) is 21.6. The van der Waals surface area contributed by atoms with E-state index in [0.29, 0.717) is 37.1 Å². The lowest BCUT2D eigenvalue weighted by molar-refractivity contribution is -0.136. The summed E-state index contributed by atoms with van der Waals surface area (Å²) in [6, 6.07) is 14.2. The van der Waals surface area contributed by atoms with Gasteiger partial charge in [0.2, 0.25) is 0 Å². The van der Waals surface area contributed by atoms with Gasteiger partial charge in [0.1, 0.15) is 17.6 Å². The van der Waals surface area contributed by atoms with Crippen LogP contribution in [0.4, 0.5) is 0 Å². The van der Waals surface area contributed by atoms with E-state index in [-0.39, 0.29) is 5.56 Å². The third-order valence-electron chi connectivity index (χ3n) is 5.28. The van der Waals surface area contributed by atoms with E-state index in [9.17, 15) is 9.59 Å². The van der Waals surface area contributed by atoms with E-state index in [0.717, 1.165) is 10.4 Å². The van der Waals surface area contributed by atoms with Crippen LogP contribution in [0, 0.1) is 0 Å². The molecule has 0 aliphatic carbocycles. The number of thiophene rings is 1. The highest BCUT2D eigenvalue weighted by atomic mass is 35.5. The predicted octanol–water partition coefficient (Wildman–Crippen LogP) is 4.38. The summed E-state index contributed by atoms with van der Waals surface area (Å²) in [7, 11) is 1.33. The van der Waals surface area contributed by atoms with Gasteiger partial charge >= 0.3 is 5.97 Å². The van der Waals surface area contributed by atoms with E-state index in [4.69, 9.17) is 20.8 Å². The van der Waals surface area contributed by atoms with Crippen molar-refractivity contribution in [1.29, 1.82) is 0 Å². The van der Waals surface area contributed by atoms with Crippen molar-refractivity contribution in [1.82, 2.24) is 4.57 Å². The molecule has 4 aromatic rings. The molecule has 1 aromatic carbocycles. The molecule has 0 radical (unpaired) electrons. The number of hydrogen-bond acceptors (Lipinski definition) is 7. The minimum atomic E-state index is -0.592. The highest BCUT2D eigenvalue weighted by Gasteiger charge is 2.33. The molecule has 166 valence electrons. The quantitative estimate of drug-likeness (QED) is 0.393. The molecular formula is C24H17ClN2O4S2. The maximum atomic E-state index is 13.5. The fraction of sp³-hybridized carbons (Fsp3) is 0.125. The van der Waals surface area contributed by atoms with Crippen molar-refractivity contribution >= 4 is 46.3 Å². The summed E-state index contributed by atoms with van der Waals surface area (Å²) in [4.78, 5) is 32.0. The van der Waals surface area contributed by atoms with Crippen molar-refractivity contribution in [3.63, 3.8) is 0 Å². The van der Waals surface area contributed by atoms with Gasteiger partial charge in [-0.2, -0.15) is 0 Å². The largest absolute Gasteiger partial charge is 0.466 e. The molecule has 0 saturated carbocycles. The van der Waals surface area contributed by atoms with Crippen LogP contribution in [0.5, 0.6) is 0 Å². The Hall–Kier alpha value is -3.20. The number of carbonyl (C=O) groups is 1. The molecule has 1 aliphatic heterocycles. The number of halogens is 1. The van der Waals surface area contributed by atoms with Crippen LogP contribution >= 0.6 is 34.3 Å². The molecule has 4 heterocycles. The molecule has 1 atom stereocenters. The first-order chi connectivity index (χ1) is 16.0. The number of fused-ring (bicyclic) bond motifs is 1. The number of nitrogens with zero attached hydrogens (tertiary/aromatic N) is 2. The molecule has 6 nitrogen and oxygen atoms in total. The van der Waals surface area contributed by atoms with E-state index < -0.39 is 12.0 Å². The van der Waals surface area contributed by atoms with Crippen LogP contribution < -0.4 is 14.9 Å². The van der Waals surface area contributed by atoms with Gasteiger partial charge in [-0.1, -0.05) is 41.1 Å². The van der Waals surface area contributed by atoms with Crippen LogP contribution in [0.25, 0.3) is 17.4 Å². The molecule has 0 amide bonds. The minimum absolute atomic E-state index is 0.248. The number of carbonyl (C=O) groups excluding carboxylic acids is 1. The fourth-order valence-electron chi connectivity index (χ4n) is 3.77. The second kappa shape index (κ2) is 8.62. The van der Waals surface area contributed by atoms with Gasteiger partial charge in [0.15, 0.2) is 4.80 Å². The fourth-order valence-corrected chi connectivity index (χ4v) is 5.85. The molecule has 0 spiro atoms. The normalized spacial score (nSPS) is 16.0. The molecule has 0 N–H and O–H groups in total. The van der Waals surface area contributed by atoms with Gasteiger partial charge < -0.3 is 9.15 Å². The van der Waals surface area contributed by atoms with E-state index in [1.807, 2.05) is 41.8 Å². The standard InChI is InChI=1S/C24H17ClN2O4S2/c1-13-20(23(29)30-2)21(18-8-5-11-32-18)27-22(28)19(33-24(27)26-13)12-14-9-10-17(31-14)15-6-3-4-7-16(15)25/h3-12,21H,1-2H3/b19-12+. The van der Waals surface area contributed by atoms with Crippen LogP contribution in [0.15, 0.2) is 79.4 Å². The molecule has 9 heteroatoms. The number of furan rings is 1. The van der Waals surface area contributed by atoms with Crippen LogP contribution in [0.3, 0.4) is 0 Å². The van der Waals surface area contributed by atoms with Gasteiger partial charge in [0, 0.05) is 16.5 Å². The predicted molar refractivity (Wildman–Crippen MR) is 129 cm³/mol. The molecule has 1 aliphatic rings. The summed E-state index contributed by atoms with van der Waals surface area (Å²) in [6.07, 6.45) is 1.69. The molecule has 0 bridgehead atoms. The van der Waals surface area contributed by atoms with E-state index >= 15 is 0 Å². The SMILES string of the molecule is COC(=O)C1=C(C)N=c2s/c(=C/c3ccc(-c4ccccc4Cl)o3)c(=O)n2C1c1cccs1. The topological polar surface area (TPSA) is 73.8 Å². The van der Waals surface area contributed by atoms with Crippen LogP contribution in [-0.4, -0.2) is 17.6 Å². The number of esters is 1. The number of methoxy groups -OCH3 is 1. The molecule has 5 rings (SSSR count). The second-order valence-electron chi connectivity index (χ2n) is 7.27. The van der Waals surface area contributed by atoms with E-state index in [1.165, 1.54) is 29.8 Å². The first-order valence-electron chi connectivity index (χ1n) is 9.97. The van der Waals surface area contributed by atoms with Crippen LogP contribution in [0.1, 0.15) is 23.6 Å². The Balaban J connectivity index is 1.64. The van der Waals surface area contributed by atoms with E-state index in [1.54, 1.807) is 29.7 Å². The third kappa shape index (κ3) is 3.80. The lowest BCUT2D eigenvalue weighted by Gasteiger charge is -2.22. The zero-order valence-electron chi connectivity index (χ0n) is 17.6. The Morgan fingerprint density at radius 3 is 2.76 bits per heavy atom. The number of allylic oxidation sites excluding steroid dienone is 1. The molecule has 33 heavy (non-hydrogen) atoms. The Morgan fingerprint density at radius 1 is 1.21 bits per heavy atom. The van der Waals surface area contributed by atoms with Crippen molar-refractivity contribution in [3.05, 3.63) is 101 Å². The molecular weight excluding hydrogens is 480 g/mol. The zero-order chi connectivity index (χ0) is 23.1. The van der Waals surface area contributed by atoms with Gasteiger partial charge in [-0.25, -0.2) is 9.79 Å². The number of hydrogen-bond donors (Lipinski definition) is 0. The van der Waals surface area contributed by atoms with Gasteiger partial charge in [0.05, 0.1) is 27.9 Å². The van der Waals surface area contributed by atoms with Crippen molar-refractivity contribution in [2.24, 2.45) is 4.99 Å². The van der Waals surface area contributed by atoms with Crippen molar-refractivity contribution in [2.75, 3.05) is 7.11 Å². The average Bonchev–Trinajstić information content (AvgIpc) is 3.55. The summed E-state index contributed by atoms with van der Waals surface area (Å²) in [5.74, 6) is 0.631. The Morgan fingerprint density at radius 2 is 2.03 bits per heavy atom. The summed E-state index contributed by atoms with van der Waals surface area (Å²) in [5, 5.41) is 2.49. The van der Waals surface area contributed by atoms with Gasteiger partial charge in [-0.15, -0.1) is 11.3 Å². The van der Waals surface area contributed by atoms with Crippen molar-refractivity contribution < 1.29 is 13.9 Å². The maximum Gasteiger partial charge on any atom is 0.338 e. The lowest BCUT2D eigenvalue weighted by Crippen LogP contribution is -2.39. The Labute approximate surface area is 201 Å². The molecule has 1 unspecified atom stereocenters. The number of aromatic nitrogens is 1. The number of benzene rings is 1. The van der Waals surface area contributed by atoms with Gasteiger partial charge in [-0.3, -0.25) is 9.36 Å². The zero-order valence-corrected chi connectivity index (χ0v) is 20.0. The molecule has 3 aromatic heterocycles. The highest BCUT2D eigenvalue weighted by Crippen LogP contribution is 2.33. The number of thiazole rings is 1. The Kier molecular flexibility index (Phi) is 5.65. The average molecular weight is 497 g/mol. The van der Waals surface area contributed by atoms with E-state index in [2.05, 4.69) is 4.99 Å². The third-order valence-corrected chi connectivity index (χ3v) is 7.52. The summed E-state index contributed by atoms with van der Waals surface area (Å²) < 4.78 is 13.0. The maximum absolute atomic E-state index is 13.5. The smallest absolute Gasteiger partial charge is 0.338 e. The van der Waals surface area contributed by atoms with Crippen LogP contribution in [-0.2, 0) is 9.53 Å². The molecule has 0 fully saturated rings. The van der Waals surface area contributed by atoms with Crippen molar-refractivity contribution in [3.8, 4) is 11.3 Å². The minimum Gasteiger partial charge on any atom is -0.466 e. The Bertz CT molecular complexity index is 1570. The summed E-state index contributed by atoms with van der Waals surface area (Å²) >= 11 is 9.00. The van der Waals surface area contributed by atoms with Crippen molar-refractivity contribution in [2.45, 2.75) is 13.0 Å². The second-order valence-corrected chi connectivity index (χ2v) is 9.67. The number of rotatable bonds is 4.